The van der Waals surface area contributed by atoms with Crippen LogP contribution in [0.1, 0.15) is 37.6 Å². The maximum Gasteiger partial charge on any atom is 0.342 e. The van der Waals surface area contributed by atoms with Crippen LogP contribution in [0, 0.1) is 5.92 Å². The third-order valence-electron chi connectivity index (χ3n) is 8.98. The summed E-state index contributed by atoms with van der Waals surface area (Å²) in [5, 5.41) is 62.6. The summed E-state index contributed by atoms with van der Waals surface area (Å²) in [6.07, 6.45) is -17.5. The van der Waals surface area contributed by atoms with Crippen molar-refractivity contribution in [3.8, 4) is 11.5 Å². The molecular weight excluding hydrogens is 744 g/mol. The number of hydrogen-bond donors (Lipinski definition) is 6. The SMILES string of the molecule is C=C[C@@H]1[C@@H](O[C@H]2O[C@H](OC(C)=O)[C@@H](OC(=O)c3cccc(O[C@H]4O[C@@H](CO)[C@H](O)[C@H](O)[C@H]4O)c3O)[C@H](OC(C)=O)[C@H]2OC(C)=O)OC=C2C(=O)OCC[C@]21O. The van der Waals surface area contributed by atoms with Crippen molar-refractivity contribution in [2.24, 2.45) is 5.92 Å². The van der Waals surface area contributed by atoms with E-state index >= 15 is 0 Å². The third kappa shape index (κ3) is 8.53. The molecule has 0 spiro atoms. The second-order valence-corrected chi connectivity index (χ2v) is 12.7. The minimum absolute atomic E-state index is 0.0881. The third-order valence-corrected chi connectivity index (χ3v) is 8.98. The molecule has 1 aromatic carbocycles. The van der Waals surface area contributed by atoms with Crippen molar-refractivity contribution in [1.82, 2.24) is 0 Å². The van der Waals surface area contributed by atoms with Gasteiger partial charge in [-0.2, -0.15) is 0 Å². The molecular formula is C34H40O21. The van der Waals surface area contributed by atoms with Gasteiger partial charge >= 0.3 is 29.8 Å². The molecule has 0 aliphatic carbocycles. The van der Waals surface area contributed by atoms with E-state index in [1.807, 2.05) is 0 Å². The molecule has 4 heterocycles. The van der Waals surface area contributed by atoms with Crippen LogP contribution in [-0.2, 0) is 61.8 Å². The predicted molar refractivity (Wildman–Crippen MR) is 171 cm³/mol. The molecule has 0 aromatic heterocycles. The number of hydrogen-bond acceptors (Lipinski definition) is 21. The molecule has 0 saturated carbocycles. The van der Waals surface area contributed by atoms with Gasteiger partial charge in [0.05, 0.1) is 25.4 Å². The number of para-hydroxylation sites is 1. The van der Waals surface area contributed by atoms with Crippen molar-refractivity contribution in [3.05, 3.63) is 48.3 Å². The summed E-state index contributed by atoms with van der Waals surface area (Å²) in [5.74, 6) is -7.83. The molecule has 0 unspecified atom stereocenters. The van der Waals surface area contributed by atoms with Gasteiger partial charge in [0.1, 0.15) is 41.2 Å². The largest absolute Gasteiger partial charge is 0.504 e. The van der Waals surface area contributed by atoms with E-state index in [9.17, 15) is 54.6 Å². The molecule has 3 fully saturated rings. The van der Waals surface area contributed by atoms with Crippen molar-refractivity contribution >= 4 is 29.8 Å². The lowest BCUT2D eigenvalue weighted by Gasteiger charge is -2.47. The molecule has 0 radical (unpaired) electrons. The Bertz CT molecular complexity index is 1680. The Morgan fingerprint density at radius 1 is 0.873 bits per heavy atom. The molecule has 5 rings (SSSR count). The fourth-order valence-corrected chi connectivity index (χ4v) is 6.36. The van der Waals surface area contributed by atoms with Crippen LogP contribution in [0.25, 0.3) is 0 Å². The highest BCUT2D eigenvalue weighted by molar-refractivity contribution is 5.93. The van der Waals surface area contributed by atoms with Gasteiger partial charge in [-0.15, -0.1) is 6.58 Å². The first-order valence-electron chi connectivity index (χ1n) is 16.7. The molecule has 0 amide bonds. The number of carbonyl (C=O) groups excluding carboxylic acids is 5. The Morgan fingerprint density at radius 3 is 2.16 bits per heavy atom. The fourth-order valence-electron chi connectivity index (χ4n) is 6.36. The highest BCUT2D eigenvalue weighted by Crippen LogP contribution is 2.43. The van der Waals surface area contributed by atoms with Gasteiger partial charge in [0.15, 0.2) is 23.7 Å². The van der Waals surface area contributed by atoms with Gasteiger partial charge in [0.2, 0.25) is 31.3 Å². The van der Waals surface area contributed by atoms with Gasteiger partial charge in [-0.25, -0.2) is 9.59 Å². The number of cyclic esters (lactones) is 1. The number of benzene rings is 1. The number of phenolic OH excluding ortho intramolecular Hbond substituents is 1. The van der Waals surface area contributed by atoms with Crippen LogP contribution >= 0.6 is 0 Å². The van der Waals surface area contributed by atoms with Crippen LogP contribution in [0.3, 0.4) is 0 Å². The number of esters is 5. The molecule has 3 saturated heterocycles. The number of ether oxygens (including phenoxy) is 10. The van der Waals surface area contributed by atoms with E-state index in [1.54, 1.807) is 0 Å². The van der Waals surface area contributed by atoms with E-state index in [2.05, 4.69) is 6.58 Å². The van der Waals surface area contributed by atoms with Gasteiger partial charge in [-0.05, 0) is 12.1 Å². The number of aliphatic hydroxyl groups is 5. The van der Waals surface area contributed by atoms with Crippen LogP contribution in [-0.4, -0.2) is 147 Å². The van der Waals surface area contributed by atoms with Crippen molar-refractivity contribution < 1.29 is 102 Å². The smallest absolute Gasteiger partial charge is 0.342 e. The number of aliphatic hydroxyl groups excluding tert-OH is 4. The lowest BCUT2D eigenvalue weighted by molar-refractivity contribution is -0.371. The summed E-state index contributed by atoms with van der Waals surface area (Å²) in [7, 11) is 0. The zero-order valence-electron chi connectivity index (χ0n) is 29.5. The number of fused-ring (bicyclic) bond motifs is 1. The summed E-state index contributed by atoms with van der Waals surface area (Å²) in [5.41, 5.74) is -2.74. The lowest BCUT2D eigenvalue weighted by atomic mass is 9.76. The Kier molecular flexibility index (Phi) is 12.7. The molecule has 21 heteroatoms. The van der Waals surface area contributed by atoms with Gasteiger partial charge in [0.25, 0.3) is 0 Å². The predicted octanol–water partition coefficient (Wildman–Crippen LogP) is -2.06. The monoisotopic (exact) mass is 784 g/mol. The number of phenols is 1. The quantitative estimate of drug-likeness (QED) is 0.0799. The topological polar surface area (TPSA) is 299 Å². The lowest BCUT2D eigenvalue weighted by Crippen LogP contribution is -2.64. The average molecular weight is 785 g/mol. The zero-order chi connectivity index (χ0) is 40.4. The Hall–Kier alpha value is -4.87. The second kappa shape index (κ2) is 16.9. The zero-order valence-corrected chi connectivity index (χ0v) is 29.5. The summed E-state index contributed by atoms with van der Waals surface area (Å²) in [6.45, 7) is 5.67. The number of carbonyl (C=O) groups is 5. The molecule has 13 atom stereocenters. The highest BCUT2D eigenvalue weighted by Gasteiger charge is 2.58. The maximum atomic E-state index is 13.7. The molecule has 0 bridgehead atoms. The van der Waals surface area contributed by atoms with Crippen molar-refractivity contribution in [2.75, 3.05) is 13.2 Å². The molecule has 6 N–H and O–H groups in total. The van der Waals surface area contributed by atoms with E-state index in [1.165, 1.54) is 12.1 Å². The molecule has 1 aromatic rings. The molecule has 21 nitrogen and oxygen atoms in total. The fraction of sp³-hybridized carbons (Fsp3) is 0.559. The summed E-state index contributed by atoms with van der Waals surface area (Å²) in [6, 6.07) is 3.39. The van der Waals surface area contributed by atoms with Crippen molar-refractivity contribution in [3.63, 3.8) is 0 Å². The van der Waals surface area contributed by atoms with Crippen LogP contribution in [0.15, 0.2) is 42.7 Å². The second-order valence-electron chi connectivity index (χ2n) is 12.7. The average Bonchev–Trinajstić information content (AvgIpc) is 3.11. The molecule has 4 aliphatic rings. The summed E-state index contributed by atoms with van der Waals surface area (Å²) >= 11 is 0. The molecule has 302 valence electrons. The van der Waals surface area contributed by atoms with E-state index in [-0.39, 0.29) is 18.6 Å². The standard InChI is InChI=1S/C34H40O21/c1-5-17-30(47-12-18-29(44)46-10-9-34(17,18)45)54-33-26(49-14(3)37)25(48-13(2)36)27(32(55-33)50-15(4)38)53-28(43)16-7-6-8-19(21(16)39)51-31-24(42)23(41)22(40)20(11-35)52-31/h5-8,12,17,20,22-27,30-33,35,39-42,45H,1,9-11H2,2-4H3/t17-,20+,22+,23+,24-,25-,26-,27+,30-,31+,32+,33+,34-/m1/s1. The highest BCUT2D eigenvalue weighted by atomic mass is 16.8. The van der Waals surface area contributed by atoms with Crippen LogP contribution in [0.4, 0.5) is 0 Å². The normalized spacial score (nSPS) is 35.7. The molecule has 55 heavy (non-hydrogen) atoms. The number of aromatic hydroxyl groups is 1. The van der Waals surface area contributed by atoms with Gasteiger partial charge in [-0.1, -0.05) is 12.1 Å². The van der Waals surface area contributed by atoms with Gasteiger partial charge < -0.3 is 78.0 Å². The van der Waals surface area contributed by atoms with Gasteiger partial charge in [0, 0.05) is 27.2 Å². The molecule has 4 aliphatic heterocycles. The van der Waals surface area contributed by atoms with Crippen LogP contribution in [0.2, 0.25) is 0 Å². The Morgan fingerprint density at radius 2 is 1.53 bits per heavy atom. The van der Waals surface area contributed by atoms with E-state index in [0.717, 1.165) is 39.2 Å². The maximum absolute atomic E-state index is 13.7. The summed E-state index contributed by atoms with van der Waals surface area (Å²) < 4.78 is 54.9. The van der Waals surface area contributed by atoms with Crippen molar-refractivity contribution in [2.45, 2.75) is 101 Å². The van der Waals surface area contributed by atoms with Gasteiger partial charge in [-0.3, -0.25) is 14.4 Å². The van der Waals surface area contributed by atoms with E-state index in [4.69, 9.17) is 47.4 Å². The minimum Gasteiger partial charge on any atom is -0.504 e. The van der Waals surface area contributed by atoms with Crippen LogP contribution < -0.4 is 4.74 Å². The Balaban J connectivity index is 1.45. The number of rotatable bonds is 11. The first kappa shape index (κ1) is 41.3. The van der Waals surface area contributed by atoms with Crippen molar-refractivity contribution in [1.29, 1.82) is 0 Å². The summed E-state index contributed by atoms with van der Waals surface area (Å²) in [4.78, 5) is 63.2. The first-order chi connectivity index (χ1) is 26.0. The van der Waals surface area contributed by atoms with E-state index in [0.29, 0.717) is 0 Å². The first-order valence-corrected chi connectivity index (χ1v) is 16.7. The van der Waals surface area contributed by atoms with Crippen LogP contribution in [0.5, 0.6) is 11.5 Å². The van der Waals surface area contributed by atoms with E-state index < -0.39 is 133 Å². The Labute approximate surface area is 311 Å². The minimum atomic E-state index is -1.98.